The minimum atomic E-state index is 0.186. The Hall–Kier alpha value is -5.85. The molecule has 3 nitrogen and oxygen atoms in total. The quantitative estimate of drug-likeness (QED) is 0.170. The van der Waals surface area contributed by atoms with Gasteiger partial charge in [-0.2, -0.15) is 0 Å². The van der Waals surface area contributed by atoms with Crippen LogP contribution in [0.2, 0.25) is 5.28 Å². The van der Waals surface area contributed by atoms with Crippen molar-refractivity contribution in [1.29, 1.82) is 0 Å². The summed E-state index contributed by atoms with van der Waals surface area (Å²) in [5.74, 6) is 0. The third-order valence-electron chi connectivity index (χ3n) is 10.0. The molecule has 0 radical (unpaired) electrons. The van der Waals surface area contributed by atoms with Gasteiger partial charge in [0.05, 0.1) is 0 Å². The second kappa shape index (κ2) is 11.6. The van der Waals surface area contributed by atoms with Gasteiger partial charge in [-0.1, -0.05) is 115 Å². The molecular weight excluding hydrogens is 696 g/mol. The maximum atomic E-state index is 6.67. The molecule has 52 heavy (non-hydrogen) atoms. The zero-order valence-electron chi connectivity index (χ0n) is 27.4. The first-order valence-electron chi connectivity index (χ1n) is 17.1. The summed E-state index contributed by atoms with van der Waals surface area (Å²) in [6.07, 6.45) is 0. The van der Waals surface area contributed by atoms with E-state index >= 15 is 0 Å². The molecule has 0 spiro atoms. The van der Waals surface area contributed by atoms with Gasteiger partial charge < -0.3 is 4.42 Å². The molecule has 0 saturated heterocycles. The molecule has 0 aliphatic heterocycles. The summed E-state index contributed by atoms with van der Waals surface area (Å²) in [7, 11) is 0. The molecule has 11 rings (SSSR count). The lowest BCUT2D eigenvalue weighted by atomic mass is 9.97. The van der Waals surface area contributed by atoms with Gasteiger partial charge in [-0.3, -0.25) is 0 Å². The monoisotopic (exact) mass is 720 g/mol. The van der Waals surface area contributed by atoms with Crippen LogP contribution < -0.4 is 0 Å². The zero-order chi connectivity index (χ0) is 34.3. The first kappa shape index (κ1) is 29.8. The molecule has 0 aliphatic carbocycles. The summed E-state index contributed by atoms with van der Waals surface area (Å²) in [4.78, 5) is 9.44. The van der Waals surface area contributed by atoms with Crippen LogP contribution in [0, 0.1) is 0 Å². The van der Waals surface area contributed by atoms with E-state index in [1.165, 1.54) is 57.0 Å². The molecule has 4 heterocycles. The van der Waals surface area contributed by atoms with Crippen molar-refractivity contribution in [3.8, 4) is 44.6 Å². The van der Waals surface area contributed by atoms with Crippen LogP contribution >= 0.6 is 34.3 Å². The predicted octanol–water partition coefficient (Wildman–Crippen LogP) is 14.4. The van der Waals surface area contributed by atoms with Crippen molar-refractivity contribution in [3.63, 3.8) is 0 Å². The second-order valence-electron chi connectivity index (χ2n) is 13.1. The molecule has 0 saturated carbocycles. The van der Waals surface area contributed by atoms with Crippen molar-refractivity contribution >= 4 is 96.7 Å². The number of furan rings is 1. The number of halogens is 1. The Labute approximate surface area is 311 Å². The Balaban J connectivity index is 1.02. The maximum Gasteiger partial charge on any atom is 0.223 e. The molecule has 0 N–H and O–H groups in total. The average molecular weight is 721 g/mol. The fourth-order valence-corrected chi connectivity index (χ4v) is 10.3. The molecule has 0 unspecified atom stereocenters. The second-order valence-corrected chi connectivity index (χ2v) is 15.5. The minimum Gasteiger partial charge on any atom is -0.452 e. The van der Waals surface area contributed by atoms with Crippen LogP contribution in [-0.4, -0.2) is 9.97 Å². The molecular formula is C46H25ClN2OS2. The number of benzene rings is 7. The van der Waals surface area contributed by atoms with Crippen molar-refractivity contribution in [3.05, 3.63) is 157 Å². The Bertz CT molecular complexity index is 3230. The topological polar surface area (TPSA) is 38.9 Å². The van der Waals surface area contributed by atoms with Crippen LogP contribution in [0.5, 0.6) is 0 Å². The molecule has 7 aromatic carbocycles. The highest BCUT2D eigenvalue weighted by atomic mass is 35.5. The van der Waals surface area contributed by atoms with E-state index in [0.717, 1.165) is 33.2 Å². The van der Waals surface area contributed by atoms with Crippen molar-refractivity contribution in [2.75, 3.05) is 0 Å². The number of hydrogen-bond donors (Lipinski definition) is 0. The number of hydrogen-bond acceptors (Lipinski definition) is 5. The van der Waals surface area contributed by atoms with Crippen LogP contribution in [0.25, 0.3) is 107 Å². The third-order valence-corrected chi connectivity index (χ3v) is 12.7. The van der Waals surface area contributed by atoms with E-state index in [4.69, 9.17) is 26.0 Å². The normalized spacial score (nSPS) is 11.9. The van der Waals surface area contributed by atoms with Gasteiger partial charge in [-0.05, 0) is 81.4 Å². The smallest absolute Gasteiger partial charge is 0.223 e. The summed E-state index contributed by atoms with van der Waals surface area (Å²) >= 11 is 10.4. The maximum absolute atomic E-state index is 6.67. The van der Waals surface area contributed by atoms with E-state index < -0.39 is 0 Å². The standard InChI is InChI=1S/C46H25ClN2OS2/c47-46-48-41(30-12-6-11-29(24-30)32-16-8-18-36-34-14-2-4-20-40(34)52-45(32)36)43-42(49-46)37-25-27(21-22-38(37)50-43)26-9-5-10-28(23-26)31-15-7-17-35-33-13-1-3-19-39(33)51-44(31)35/h1-25H. The van der Waals surface area contributed by atoms with E-state index in [1.807, 2.05) is 28.7 Å². The molecule has 0 aliphatic rings. The van der Waals surface area contributed by atoms with Crippen molar-refractivity contribution in [1.82, 2.24) is 9.97 Å². The van der Waals surface area contributed by atoms with Gasteiger partial charge in [0.15, 0.2) is 5.58 Å². The third kappa shape index (κ3) is 4.64. The van der Waals surface area contributed by atoms with Gasteiger partial charge in [0.25, 0.3) is 0 Å². The molecule has 0 amide bonds. The molecule has 244 valence electrons. The Kier molecular flexibility index (Phi) is 6.65. The van der Waals surface area contributed by atoms with Crippen LogP contribution in [-0.2, 0) is 0 Å². The Morgan fingerprint density at radius 1 is 0.442 bits per heavy atom. The molecule has 0 atom stereocenters. The first-order chi connectivity index (χ1) is 25.7. The number of rotatable bonds is 4. The lowest BCUT2D eigenvalue weighted by molar-refractivity contribution is 0.667. The summed E-state index contributed by atoms with van der Waals surface area (Å²) in [5, 5.41) is 6.24. The van der Waals surface area contributed by atoms with Gasteiger partial charge in [0, 0.05) is 51.3 Å². The van der Waals surface area contributed by atoms with E-state index in [2.05, 4.69) is 146 Å². The van der Waals surface area contributed by atoms with E-state index in [-0.39, 0.29) is 5.28 Å². The summed E-state index contributed by atoms with van der Waals surface area (Å²) < 4.78 is 11.7. The predicted molar refractivity (Wildman–Crippen MR) is 222 cm³/mol. The fourth-order valence-electron chi connectivity index (χ4n) is 7.64. The van der Waals surface area contributed by atoms with Crippen molar-refractivity contribution in [2.24, 2.45) is 0 Å². The van der Waals surface area contributed by atoms with Gasteiger partial charge in [-0.25, -0.2) is 9.97 Å². The van der Waals surface area contributed by atoms with Gasteiger partial charge in [0.2, 0.25) is 5.28 Å². The minimum absolute atomic E-state index is 0.186. The van der Waals surface area contributed by atoms with E-state index in [9.17, 15) is 0 Å². The summed E-state index contributed by atoms with van der Waals surface area (Å²) in [6, 6.07) is 53.9. The van der Waals surface area contributed by atoms with Crippen LogP contribution in [0.15, 0.2) is 156 Å². The molecule has 4 aromatic heterocycles. The zero-order valence-corrected chi connectivity index (χ0v) is 29.8. The first-order valence-corrected chi connectivity index (χ1v) is 19.1. The highest BCUT2D eigenvalue weighted by Gasteiger charge is 2.19. The largest absolute Gasteiger partial charge is 0.452 e. The number of aromatic nitrogens is 2. The Morgan fingerprint density at radius 2 is 0.981 bits per heavy atom. The molecule has 0 fully saturated rings. The number of fused-ring (bicyclic) bond motifs is 9. The number of thiophene rings is 2. The summed E-state index contributed by atoms with van der Waals surface area (Å²) in [6.45, 7) is 0. The van der Waals surface area contributed by atoms with Gasteiger partial charge >= 0.3 is 0 Å². The average Bonchev–Trinajstić information content (AvgIpc) is 3.89. The lowest BCUT2D eigenvalue weighted by Gasteiger charge is -2.08. The Morgan fingerprint density at radius 3 is 1.65 bits per heavy atom. The van der Waals surface area contributed by atoms with Crippen molar-refractivity contribution < 1.29 is 4.42 Å². The van der Waals surface area contributed by atoms with Crippen LogP contribution in [0.4, 0.5) is 0 Å². The van der Waals surface area contributed by atoms with Gasteiger partial charge in [0.1, 0.15) is 16.8 Å². The highest BCUT2D eigenvalue weighted by molar-refractivity contribution is 7.26. The highest BCUT2D eigenvalue weighted by Crippen LogP contribution is 2.43. The fraction of sp³-hybridized carbons (Fsp3) is 0. The van der Waals surface area contributed by atoms with Crippen LogP contribution in [0.3, 0.4) is 0 Å². The molecule has 6 heteroatoms. The lowest BCUT2D eigenvalue weighted by Crippen LogP contribution is -1.90. The SMILES string of the molecule is Clc1nc(-c2cccc(-c3cccc4c3sc3ccccc34)c2)c2oc3ccc(-c4cccc(-c5cccc6c5sc5ccccc56)c4)cc3c2n1. The van der Waals surface area contributed by atoms with E-state index in [0.29, 0.717) is 16.8 Å². The van der Waals surface area contributed by atoms with Crippen molar-refractivity contribution in [2.45, 2.75) is 0 Å². The van der Waals surface area contributed by atoms with E-state index in [1.54, 1.807) is 0 Å². The summed E-state index contributed by atoms with van der Waals surface area (Å²) in [5.41, 5.74) is 10.6. The number of nitrogens with zero attached hydrogens (tertiary/aromatic N) is 2. The molecule has 11 aromatic rings. The molecule has 0 bridgehead atoms. The van der Waals surface area contributed by atoms with Crippen LogP contribution in [0.1, 0.15) is 0 Å². The van der Waals surface area contributed by atoms with Gasteiger partial charge in [-0.15, -0.1) is 22.7 Å².